The minimum atomic E-state index is -1.48. The summed E-state index contributed by atoms with van der Waals surface area (Å²) in [5, 5.41) is 0.768. The molecule has 0 unspecified atom stereocenters. The largest absolute Gasteiger partial charge is 0.466 e. The van der Waals surface area contributed by atoms with E-state index in [-0.39, 0.29) is 37.1 Å². The lowest BCUT2D eigenvalue weighted by molar-refractivity contribution is -0.157. The fraction of sp³-hybridized carbons (Fsp3) is 0.867. The quantitative estimate of drug-likeness (QED) is 0.197. The second-order valence-corrected chi connectivity index (χ2v) is 12.3. The van der Waals surface area contributed by atoms with Crippen LogP contribution in [-0.4, -0.2) is 60.6 Å². The maximum absolute atomic E-state index is 13.7. The molecule has 0 aromatic heterocycles. The molecular weight excluding hydrogens is 516 g/mol. The zero-order valence-corrected chi connectivity index (χ0v) is 25.8. The van der Waals surface area contributed by atoms with Gasteiger partial charge in [0.2, 0.25) is 0 Å². The van der Waals surface area contributed by atoms with Crippen LogP contribution in [0, 0.1) is 35.5 Å². The highest BCUT2D eigenvalue weighted by molar-refractivity contribution is 5.87. The van der Waals surface area contributed by atoms with Crippen LogP contribution >= 0.6 is 0 Å². The summed E-state index contributed by atoms with van der Waals surface area (Å²) in [7, 11) is 0. The van der Waals surface area contributed by atoms with E-state index in [4.69, 9.17) is 18.9 Å². The Morgan fingerprint density at radius 1 is 0.775 bits per heavy atom. The van der Waals surface area contributed by atoms with Gasteiger partial charge in [-0.3, -0.25) is 4.79 Å². The lowest BCUT2D eigenvalue weighted by Crippen LogP contribution is -2.58. The lowest BCUT2D eigenvalue weighted by Gasteiger charge is -2.39. The molecule has 0 spiro atoms. The van der Waals surface area contributed by atoms with Crippen LogP contribution in [0.2, 0.25) is 0 Å². The molecule has 0 bridgehead atoms. The van der Waals surface area contributed by atoms with Gasteiger partial charge in [-0.15, -0.1) is 0 Å². The third-order valence-electron chi connectivity index (χ3n) is 8.38. The lowest BCUT2D eigenvalue weighted by atomic mass is 9.75. The predicted octanol–water partition coefficient (Wildman–Crippen LogP) is 5.87. The fourth-order valence-electron chi connectivity index (χ4n) is 6.10. The maximum Gasteiger partial charge on any atom is 0.429 e. The number of esters is 2. The van der Waals surface area contributed by atoms with Crippen LogP contribution in [0.25, 0.3) is 0 Å². The summed E-state index contributed by atoms with van der Waals surface area (Å²) in [5.41, 5.74) is 2.46. The summed E-state index contributed by atoms with van der Waals surface area (Å²) in [6.07, 6.45) is 2.28. The Morgan fingerprint density at radius 3 is 1.75 bits per heavy atom. The molecular formula is C30H52N2O8. The van der Waals surface area contributed by atoms with E-state index in [0.29, 0.717) is 30.6 Å². The van der Waals surface area contributed by atoms with Gasteiger partial charge in [-0.2, -0.15) is 0 Å². The minimum absolute atomic E-state index is 0.0249. The summed E-state index contributed by atoms with van der Waals surface area (Å²) in [5.74, 6) is 0.0975. The number of hydrazine groups is 1. The van der Waals surface area contributed by atoms with E-state index in [0.717, 1.165) is 30.7 Å². The van der Waals surface area contributed by atoms with Crippen molar-refractivity contribution in [2.24, 2.45) is 35.5 Å². The highest BCUT2D eigenvalue weighted by atomic mass is 16.6. The van der Waals surface area contributed by atoms with Gasteiger partial charge in [0, 0.05) is 0 Å². The van der Waals surface area contributed by atoms with Gasteiger partial charge in [0.05, 0.1) is 19.6 Å². The summed E-state index contributed by atoms with van der Waals surface area (Å²) < 4.78 is 22.1. The number of amides is 2. The predicted molar refractivity (Wildman–Crippen MR) is 150 cm³/mol. The van der Waals surface area contributed by atoms with Crippen molar-refractivity contribution < 1.29 is 38.1 Å². The van der Waals surface area contributed by atoms with Crippen molar-refractivity contribution in [1.29, 1.82) is 0 Å². The molecule has 40 heavy (non-hydrogen) atoms. The van der Waals surface area contributed by atoms with E-state index in [1.165, 1.54) is 0 Å². The standard InChI is InChI=1S/C30H52N2O8/c1-9-37-27(33)17-24(28(34)38-10-2)32(30(36)40-26-16-21(8)12-14-23(26)19(5)6)31-29(35)39-25-15-20(7)11-13-22(25)18(3)4/h18-26H,9-17H2,1-8H3,(H,31,35)/t20-,21-,22+,23+,24+,25-,26-/m0/s1. The average Bonchev–Trinajstić information content (AvgIpc) is 2.86. The van der Waals surface area contributed by atoms with Gasteiger partial charge >= 0.3 is 24.1 Å². The van der Waals surface area contributed by atoms with Gasteiger partial charge in [-0.25, -0.2) is 24.8 Å². The number of carbonyl (C=O) groups excluding carboxylic acids is 4. The molecule has 2 aliphatic carbocycles. The Hall–Kier alpha value is -2.52. The van der Waals surface area contributed by atoms with Crippen molar-refractivity contribution in [3.05, 3.63) is 0 Å². The molecule has 2 rings (SSSR count). The second-order valence-electron chi connectivity index (χ2n) is 12.3. The molecule has 0 radical (unpaired) electrons. The van der Waals surface area contributed by atoms with Crippen molar-refractivity contribution in [2.75, 3.05) is 13.2 Å². The van der Waals surface area contributed by atoms with Crippen LogP contribution in [0.1, 0.15) is 100 Å². The van der Waals surface area contributed by atoms with Crippen molar-refractivity contribution >= 4 is 24.1 Å². The third-order valence-corrected chi connectivity index (χ3v) is 8.38. The smallest absolute Gasteiger partial charge is 0.429 e. The Labute approximate surface area is 240 Å². The highest BCUT2D eigenvalue weighted by Crippen LogP contribution is 2.37. The van der Waals surface area contributed by atoms with Crippen molar-refractivity contribution in [3.63, 3.8) is 0 Å². The monoisotopic (exact) mass is 568 g/mol. The second kappa shape index (κ2) is 16.1. The molecule has 1 N–H and O–H groups in total. The number of ether oxygens (including phenoxy) is 4. The Kier molecular flexibility index (Phi) is 13.5. The van der Waals surface area contributed by atoms with Crippen LogP contribution in [-0.2, 0) is 28.5 Å². The molecule has 0 aromatic rings. The molecule has 230 valence electrons. The molecule has 2 aliphatic rings. The SMILES string of the molecule is CCOC(=O)C[C@H](C(=O)OCC)N(NC(=O)O[C@H]1C[C@@H](C)CC[C@@H]1C(C)C)C(=O)O[C@H]1C[C@@H](C)CC[C@@H]1C(C)C. The highest BCUT2D eigenvalue weighted by Gasteiger charge is 2.41. The van der Waals surface area contributed by atoms with E-state index in [1.54, 1.807) is 13.8 Å². The summed E-state index contributed by atoms with van der Waals surface area (Å²) in [4.78, 5) is 52.5. The molecule has 0 aromatic carbocycles. The first kappa shape index (κ1) is 33.7. The molecule has 2 amide bonds. The zero-order valence-electron chi connectivity index (χ0n) is 25.8. The first-order valence-corrected chi connectivity index (χ1v) is 15.2. The van der Waals surface area contributed by atoms with Crippen LogP contribution in [0.5, 0.6) is 0 Å². The van der Waals surface area contributed by atoms with Gasteiger partial charge in [0.25, 0.3) is 0 Å². The number of rotatable bonds is 10. The summed E-state index contributed by atoms with van der Waals surface area (Å²) in [6.45, 7) is 16.0. The van der Waals surface area contributed by atoms with E-state index >= 15 is 0 Å². The molecule has 0 aliphatic heterocycles. The van der Waals surface area contributed by atoms with Gasteiger partial charge in [-0.1, -0.05) is 54.4 Å². The van der Waals surface area contributed by atoms with Crippen LogP contribution in [0.4, 0.5) is 9.59 Å². The summed E-state index contributed by atoms with van der Waals surface area (Å²) in [6, 6.07) is -1.48. The number of carbonyl (C=O) groups is 4. The van der Waals surface area contributed by atoms with Crippen molar-refractivity contribution in [3.8, 4) is 0 Å². The van der Waals surface area contributed by atoms with Gasteiger partial charge in [0.15, 0.2) is 6.04 Å². The zero-order chi connectivity index (χ0) is 30.0. The molecule has 7 atom stereocenters. The first-order chi connectivity index (χ1) is 18.9. The van der Waals surface area contributed by atoms with E-state index in [2.05, 4.69) is 47.0 Å². The number of hydrogen-bond donors (Lipinski definition) is 1. The molecule has 10 heteroatoms. The minimum Gasteiger partial charge on any atom is -0.466 e. The van der Waals surface area contributed by atoms with E-state index < -0.39 is 42.7 Å². The Morgan fingerprint density at radius 2 is 1.27 bits per heavy atom. The van der Waals surface area contributed by atoms with Crippen LogP contribution < -0.4 is 5.43 Å². The molecule has 0 saturated heterocycles. The van der Waals surface area contributed by atoms with Gasteiger partial charge in [-0.05, 0) is 75.0 Å². The maximum atomic E-state index is 13.7. The fourth-order valence-corrected chi connectivity index (χ4v) is 6.10. The molecule has 2 fully saturated rings. The Balaban J connectivity index is 2.34. The molecule has 10 nitrogen and oxygen atoms in total. The molecule has 2 saturated carbocycles. The Bertz CT molecular complexity index is 848. The number of nitrogens with one attached hydrogen (secondary N) is 1. The average molecular weight is 569 g/mol. The van der Waals surface area contributed by atoms with Crippen LogP contribution in [0.3, 0.4) is 0 Å². The van der Waals surface area contributed by atoms with Gasteiger partial charge in [0.1, 0.15) is 12.2 Å². The third kappa shape index (κ3) is 9.84. The normalized spacial score (nSPS) is 27.4. The van der Waals surface area contributed by atoms with Crippen molar-refractivity contribution in [2.45, 2.75) is 119 Å². The van der Waals surface area contributed by atoms with E-state index in [9.17, 15) is 19.2 Å². The summed E-state index contributed by atoms with van der Waals surface area (Å²) >= 11 is 0. The number of hydrogen-bond acceptors (Lipinski definition) is 8. The van der Waals surface area contributed by atoms with Gasteiger partial charge < -0.3 is 18.9 Å². The number of nitrogens with zero attached hydrogens (tertiary/aromatic N) is 1. The topological polar surface area (TPSA) is 120 Å². The first-order valence-electron chi connectivity index (χ1n) is 15.2. The van der Waals surface area contributed by atoms with Crippen molar-refractivity contribution in [1.82, 2.24) is 10.4 Å². The molecule has 0 heterocycles. The van der Waals surface area contributed by atoms with E-state index in [1.807, 2.05) is 0 Å². The van der Waals surface area contributed by atoms with Crippen LogP contribution in [0.15, 0.2) is 0 Å².